The first-order valence-corrected chi connectivity index (χ1v) is 8.63. The predicted octanol–water partition coefficient (Wildman–Crippen LogP) is 1.25. The van der Waals surface area contributed by atoms with E-state index in [1.165, 1.54) is 4.31 Å². The molecule has 8 heteroatoms. The van der Waals surface area contributed by atoms with Crippen molar-refractivity contribution in [1.29, 1.82) is 0 Å². The van der Waals surface area contributed by atoms with Gasteiger partial charge in [-0.25, -0.2) is 8.42 Å². The van der Waals surface area contributed by atoms with E-state index in [9.17, 15) is 8.42 Å². The van der Waals surface area contributed by atoms with Crippen molar-refractivity contribution >= 4 is 22.4 Å². The van der Waals surface area contributed by atoms with Gasteiger partial charge >= 0.3 is 0 Å². The molecule has 1 fully saturated rings. The van der Waals surface area contributed by atoms with Gasteiger partial charge < -0.3 is 14.8 Å². The van der Waals surface area contributed by atoms with Gasteiger partial charge in [0, 0.05) is 19.1 Å². The van der Waals surface area contributed by atoms with Crippen LogP contribution in [0.1, 0.15) is 12.8 Å². The Hall–Kier alpha value is -1.02. The van der Waals surface area contributed by atoms with Crippen molar-refractivity contribution in [3.63, 3.8) is 0 Å². The van der Waals surface area contributed by atoms with Gasteiger partial charge in [-0.1, -0.05) is 6.07 Å². The van der Waals surface area contributed by atoms with Gasteiger partial charge in [-0.15, -0.1) is 12.4 Å². The summed E-state index contributed by atoms with van der Waals surface area (Å²) in [6.45, 7) is 1.88. The van der Waals surface area contributed by atoms with Crippen LogP contribution in [0.3, 0.4) is 0 Å². The highest BCUT2D eigenvalue weighted by Gasteiger charge is 2.33. The fraction of sp³-hybridized carbons (Fsp3) is 0.571. The Bertz CT molecular complexity index is 615. The van der Waals surface area contributed by atoms with Crippen LogP contribution < -0.4 is 14.8 Å². The molecule has 0 atom stereocenters. The summed E-state index contributed by atoms with van der Waals surface area (Å²) in [5, 5.41) is 3.20. The van der Waals surface area contributed by atoms with Crippen LogP contribution in [-0.2, 0) is 10.0 Å². The van der Waals surface area contributed by atoms with Gasteiger partial charge in [0.05, 0.1) is 0 Å². The number of hydrogen-bond acceptors (Lipinski definition) is 5. The maximum absolute atomic E-state index is 12.8. The molecule has 1 saturated heterocycles. The van der Waals surface area contributed by atoms with E-state index in [0.717, 1.165) is 12.8 Å². The second-order valence-corrected chi connectivity index (χ2v) is 7.15. The van der Waals surface area contributed by atoms with E-state index in [2.05, 4.69) is 5.32 Å². The largest absolute Gasteiger partial charge is 0.486 e. The fourth-order valence-electron chi connectivity index (χ4n) is 2.77. The number of piperidine rings is 1. The summed E-state index contributed by atoms with van der Waals surface area (Å²) in [7, 11) is -1.62. The molecule has 1 N–H and O–H groups in total. The average Bonchev–Trinajstić information content (AvgIpc) is 2.54. The van der Waals surface area contributed by atoms with Crippen LogP contribution in [0.4, 0.5) is 0 Å². The number of hydrogen-bond donors (Lipinski definition) is 1. The van der Waals surface area contributed by atoms with Gasteiger partial charge in [0.15, 0.2) is 11.5 Å². The predicted molar refractivity (Wildman–Crippen MR) is 85.5 cm³/mol. The molecule has 2 heterocycles. The monoisotopic (exact) mass is 348 g/mol. The van der Waals surface area contributed by atoms with Gasteiger partial charge in [-0.05, 0) is 32.0 Å². The topological polar surface area (TPSA) is 67.9 Å². The summed E-state index contributed by atoms with van der Waals surface area (Å²) in [5.74, 6) is 0.854. The van der Waals surface area contributed by atoms with Gasteiger partial charge in [0.2, 0.25) is 10.0 Å². The van der Waals surface area contributed by atoms with E-state index in [0.29, 0.717) is 43.8 Å². The average molecular weight is 349 g/mol. The molecule has 0 unspecified atom stereocenters. The third kappa shape index (κ3) is 3.17. The minimum Gasteiger partial charge on any atom is -0.486 e. The SMILES string of the molecule is CNC1CCN(S(=O)(=O)c2cccc3c2OCCO3)CC1.Cl. The second-order valence-electron chi connectivity index (χ2n) is 5.25. The van der Waals surface area contributed by atoms with Gasteiger partial charge in [0.1, 0.15) is 18.1 Å². The summed E-state index contributed by atoms with van der Waals surface area (Å²) in [6.07, 6.45) is 1.64. The molecule has 3 rings (SSSR count). The van der Waals surface area contributed by atoms with Gasteiger partial charge in [0.25, 0.3) is 0 Å². The van der Waals surface area contributed by atoms with Crippen LogP contribution in [-0.4, -0.2) is 52.1 Å². The van der Waals surface area contributed by atoms with Crippen molar-refractivity contribution in [2.75, 3.05) is 33.4 Å². The summed E-state index contributed by atoms with van der Waals surface area (Å²) >= 11 is 0. The number of sulfonamides is 1. The molecule has 124 valence electrons. The lowest BCUT2D eigenvalue weighted by Crippen LogP contribution is -2.44. The van der Waals surface area contributed by atoms with Gasteiger partial charge in [-0.3, -0.25) is 0 Å². The maximum atomic E-state index is 12.8. The van der Waals surface area contributed by atoms with Crippen LogP contribution in [0.25, 0.3) is 0 Å². The Morgan fingerprint density at radius 1 is 1.18 bits per heavy atom. The minimum absolute atomic E-state index is 0. The number of fused-ring (bicyclic) bond motifs is 1. The Balaban J connectivity index is 0.00000176. The fourth-order valence-corrected chi connectivity index (χ4v) is 4.39. The van der Waals surface area contributed by atoms with E-state index in [4.69, 9.17) is 9.47 Å². The molecule has 0 saturated carbocycles. The van der Waals surface area contributed by atoms with Crippen LogP contribution in [0.2, 0.25) is 0 Å². The van der Waals surface area contributed by atoms with Crippen LogP contribution in [0, 0.1) is 0 Å². The van der Waals surface area contributed by atoms with Crippen molar-refractivity contribution in [2.45, 2.75) is 23.8 Å². The molecule has 1 aromatic carbocycles. The van der Waals surface area contributed by atoms with E-state index in [-0.39, 0.29) is 17.3 Å². The number of nitrogens with zero attached hydrogens (tertiary/aromatic N) is 1. The highest BCUT2D eigenvalue weighted by molar-refractivity contribution is 7.89. The standard InChI is InChI=1S/C14H20N2O4S.ClH/c1-15-11-5-7-16(8-6-11)21(17,18)13-4-2-3-12-14(13)20-10-9-19-12;/h2-4,11,15H,5-10H2,1H3;1H. The van der Waals surface area contributed by atoms with Crippen molar-refractivity contribution in [3.05, 3.63) is 18.2 Å². The third-order valence-electron chi connectivity index (χ3n) is 4.01. The lowest BCUT2D eigenvalue weighted by atomic mass is 10.1. The molecule has 0 bridgehead atoms. The first kappa shape index (κ1) is 17.3. The Labute approximate surface area is 137 Å². The number of benzene rings is 1. The highest BCUT2D eigenvalue weighted by Crippen LogP contribution is 2.38. The Morgan fingerprint density at radius 2 is 1.86 bits per heavy atom. The zero-order valence-electron chi connectivity index (χ0n) is 12.4. The zero-order valence-corrected chi connectivity index (χ0v) is 14.1. The number of halogens is 1. The molecule has 1 aromatic rings. The van der Waals surface area contributed by atoms with Gasteiger partial charge in [-0.2, -0.15) is 4.31 Å². The number of para-hydroxylation sites is 1. The molecule has 2 aliphatic heterocycles. The van der Waals surface area contributed by atoms with E-state index in [1.54, 1.807) is 18.2 Å². The van der Waals surface area contributed by atoms with Crippen molar-refractivity contribution in [1.82, 2.24) is 9.62 Å². The van der Waals surface area contributed by atoms with Crippen molar-refractivity contribution in [2.24, 2.45) is 0 Å². The quantitative estimate of drug-likeness (QED) is 0.890. The molecule has 0 amide bonds. The lowest BCUT2D eigenvalue weighted by Gasteiger charge is -2.31. The van der Waals surface area contributed by atoms with Crippen LogP contribution >= 0.6 is 12.4 Å². The normalized spacial score (nSPS) is 19.5. The van der Waals surface area contributed by atoms with Crippen LogP contribution in [0.15, 0.2) is 23.1 Å². The molecule has 0 aliphatic carbocycles. The summed E-state index contributed by atoms with van der Waals surface area (Å²) in [4.78, 5) is 0.211. The molecular formula is C14H21ClN2O4S. The minimum atomic E-state index is -3.53. The zero-order chi connectivity index (χ0) is 14.9. The molecule has 2 aliphatic rings. The lowest BCUT2D eigenvalue weighted by molar-refractivity contribution is 0.166. The Morgan fingerprint density at radius 3 is 2.55 bits per heavy atom. The number of ether oxygens (including phenoxy) is 2. The first-order chi connectivity index (χ1) is 10.1. The smallest absolute Gasteiger partial charge is 0.246 e. The summed E-state index contributed by atoms with van der Waals surface area (Å²) < 4.78 is 38.2. The third-order valence-corrected chi connectivity index (χ3v) is 5.93. The van der Waals surface area contributed by atoms with E-state index < -0.39 is 10.0 Å². The molecule has 0 spiro atoms. The van der Waals surface area contributed by atoms with Crippen LogP contribution in [0.5, 0.6) is 11.5 Å². The van der Waals surface area contributed by atoms with E-state index >= 15 is 0 Å². The molecule has 0 aromatic heterocycles. The maximum Gasteiger partial charge on any atom is 0.246 e. The number of rotatable bonds is 3. The molecule has 0 radical (unpaired) electrons. The molecule has 22 heavy (non-hydrogen) atoms. The Kier molecular flexibility index (Phi) is 5.55. The second kappa shape index (κ2) is 7.04. The molecular weight excluding hydrogens is 328 g/mol. The molecule has 6 nitrogen and oxygen atoms in total. The van der Waals surface area contributed by atoms with Crippen molar-refractivity contribution in [3.8, 4) is 11.5 Å². The number of nitrogens with one attached hydrogen (secondary N) is 1. The summed E-state index contributed by atoms with van der Waals surface area (Å²) in [6, 6.07) is 5.41. The van der Waals surface area contributed by atoms with E-state index in [1.807, 2.05) is 7.05 Å². The summed E-state index contributed by atoms with van der Waals surface area (Å²) in [5.41, 5.74) is 0. The highest BCUT2D eigenvalue weighted by atomic mass is 35.5. The van der Waals surface area contributed by atoms with Crippen molar-refractivity contribution < 1.29 is 17.9 Å². The first-order valence-electron chi connectivity index (χ1n) is 7.19.